The molecule has 1 aromatic heterocycles. The molecule has 3 fully saturated rings. The van der Waals surface area contributed by atoms with E-state index in [1.807, 2.05) is 12.0 Å². The third-order valence-corrected chi connectivity index (χ3v) is 6.15. The minimum atomic E-state index is -0.00860. The van der Waals surface area contributed by atoms with E-state index in [0.717, 1.165) is 58.5 Å². The fourth-order valence-electron chi connectivity index (χ4n) is 4.70. The Kier molecular flexibility index (Phi) is 4.71. The van der Waals surface area contributed by atoms with Gasteiger partial charge in [-0.25, -0.2) is 4.98 Å². The maximum Gasteiger partial charge on any atom is 0.274 e. The molecule has 0 saturated carbocycles. The monoisotopic (exact) mass is 346 g/mol. The third kappa shape index (κ3) is 2.94. The van der Waals surface area contributed by atoms with E-state index in [2.05, 4.69) is 14.9 Å². The molecule has 1 unspecified atom stereocenters. The van der Waals surface area contributed by atoms with Gasteiger partial charge >= 0.3 is 0 Å². The Morgan fingerprint density at radius 2 is 2.04 bits per heavy atom. The number of hydrogen-bond donors (Lipinski definition) is 0. The average Bonchev–Trinajstić information content (AvgIpc) is 2.69. The normalized spacial score (nSPS) is 27.2. The molecule has 3 aliphatic rings. The van der Waals surface area contributed by atoms with E-state index in [0.29, 0.717) is 17.8 Å². The standard InChI is InChI=1S/C18H26N4O3/c1-24-16-13-22(18(16)4-10-25-11-5-18)14-2-8-21(9-3-14)17(23)15-12-19-6-7-20-15/h6-7,12,14,16H,2-5,8-11,13H2,1H3. The molecule has 25 heavy (non-hydrogen) atoms. The fourth-order valence-corrected chi connectivity index (χ4v) is 4.70. The van der Waals surface area contributed by atoms with E-state index in [1.165, 1.54) is 0 Å². The summed E-state index contributed by atoms with van der Waals surface area (Å²) in [6.45, 7) is 4.20. The number of aromatic nitrogens is 2. The largest absolute Gasteiger partial charge is 0.381 e. The molecular formula is C18H26N4O3. The van der Waals surface area contributed by atoms with Gasteiger partial charge in [0.25, 0.3) is 5.91 Å². The van der Waals surface area contributed by atoms with Crippen LogP contribution < -0.4 is 0 Å². The molecule has 1 amide bonds. The highest BCUT2D eigenvalue weighted by Gasteiger charge is 2.56. The lowest BCUT2D eigenvalue weighted by Crippen LogP contribution is -2.75. The van der Waals surface area contributed by atoms with Crippen molar-refractivity contribution >= 4 is 5.91 Å². The van der Waals surface area contributed by atoms with Crippen molar-refractivity contribution in [2.24, 2.45) is 0 Å². The maximum atomic E-state index is 12.5. The van der Waals surface area contributed by atoms with Gasteiger partial charge in [-0.05, 0) is 25.7 Å². The Balaban J connectivity index is 1.38. The van der Waals surface area contributed by atoms with Gasteiger partial charge in [-0.2, -0.15) is 0 Å². The van der Waals surface area contributed by atoms with Gasteiger partial charge in [0.1, 0.15) is 5.69 Å². The van der Waals surface area contributed by atoms with Crippen LogP contribution in [-0.4, -0.2) is 83.3 Å². The summed E-state index contributed by atoms with van der Waals surface area (Å²) in [5, 5.41) is 0. The molecule has 3 saturated heterocycles. The molecule has 0 aliphatic carbocycles. The highest BCUT2D eigenvalue weighted by Crippen LogP contribution is 2.44. The van der Waals surface area contributed by atoms with Crippen LogP contribution in [0.1, 0.15) is 36.2 Å². The van der Waals surface area contributed by atoms with Crippen LogP contribution in [0.5, 0.6) is 0 Å². The Labute approximate surface area is 148 Å². The number of amides is 1. The van der Waals surface area contributed by atoms with Gasteiger partial charge in [0.05, 0.1) is 17.8 Å². The van der Waals surface area contributed by atoms with Crippen molar-refractivity contribution in [3.05, 3.63) is 24.3 Å². The molecule has 4 rings (SSSR count). The van der Waals surface area contributed by atoms with Crippen molar-refractivity contribution in [2.45, 2.75) is 43.4 Å². The number of carbonyl (C=O) groups is 1. The van der Waals surface area contributed by atoms with E-state index in [9.17, 15) is 4.79 Å². The second-order valence-electron chi connectivity index (χ2n) is 7.21. The predicted molar refractivity (Wildman–Crippen MR) is 91.2 cm³/mol. The van der Waals surface area contributed by atoms with Crippen LogP contribution in [0, 0.1) is 0 Å². The summed E-state index contributed by atoms with van der Waals surface area (Å²) in [6.07, 6.45) is 9.12. The molecule has 1 aromatic rings. The molecule has 1 spiro atoms. The molecule has 0 bridgehead atoms. The SMILES string of the molecule is COC1CN(C2CCN(C(=O)c3cnccn3)CC2)C12CCOCC2. The first-order valence-electron chi connectivity index (χ1n) is 9.17. The molecule has 7 nitrogen and oxygen atoms in total. The van der Waals surface area contributed by atoms with Gasteiger partial charge in [0.2, 0.25) is 0 Å². The number of likely N-dealkylation sites (tertiary alicyclic amines) is 2. The van der Waals surface area contributed by atoms with Crippen LogP contribution in [0.25, 0.3) is 0 Å². The van der Waals surface area contributed by atoms with Gasteiger partial charge in [-0.1, -0.05) is 0 Å². The number of rotatable bonds is 3. The fraction of sp³-hybridized carbons (Fsp3) is 0.722. The third-order valence-electron chi connectivity index (χ3n) is 6.15. The second-order valence-corrected chi connectivity index (χ2v) is 7.21. The summed E-state index contributed by atoms with van der Waals surface area (Å²) in [7, 11) is 1.82. The Hall–Kier alpha value is -1.57. The summed E-state index contributed by atoms with van der Waals surface area (Å²) in [5.41, 5.74) is 0.583. The number of hydrogen-bond acceptors (Lipinski definition) is 6. The van der Waals surface area contributed by atoms with Crippen LogP contribution in [0.15, 0.2) is 18.6 Å². The van der Waals surface area contributed by atoms with Gasteiger partial charge < -0.3 is 14.4 Å². The maximum absolute atomic E-state index is 12.5. The zero-order valence-corrected chi connectivity index (χ0v) is 14.8. The summed E-state index contributed by atoms with van der Waals surface area (Å²) in [6, 6.07) is 0.524. The van der Waals surface area contributed by atoms with Crippen LogP contribution in [-0.2, 0) is 9.47 Å². The number of carbonyl (C=O) groups excluding carboxylic acids is 1. The number of nitrogens with zero attached hydrogens (tertiary/aromatic N) is 4. The van der Waals surface area contributed by atoms with Crippen LogP contribution in [0.2, 0.25) is 0 Å². The minimum absolute atomic E-state index is 0.00860. The first-order valence-corrected chi connectivity index (χ1v) is 9.17. The first kappa shape index (κ1) is 16.9. The van der Waals surface area contributed by atoms with Gasteiger partial charge in [-0.15, -0.1) is 0 Å². The minimum Gasteiger partial charge on any atom is -0.381 e. The molecule has 3 aliphatic heterocycles. The van der Waals surface area contributed by atoms with Crippen molar-refractivity contribution in [3.63, 3.8) is 0 Å². The smallest absolute Gasteiger partial charge is 0.274 e. The van der Waals surface area contributed by atoms with Gasteiger partial charge in [0, 0.05) is 58.4 Å². The van der Waals surface area contributed by atoms with Gasteiger partial charge in [0.15, 0.2) is 0 Å². The Morgan fingerprint density at radius 1 is 1.28 bits per heavy atom. The van der Waals surface area contributed by atoms with E-state index in [-0.39, 0.29) is 11.4 Å². The Bertz CT molecular complexity index is 598. The average molecular weight is 346 g/mol. The molecule has 0 radical (unpaired) electrons. The topological polar surface area (TPSA) is 67.8 Å². The molecule has 1 atom stereocenters. The number of piperidine rings is 1. The van der Waals surface area contributed by atoms with Crippen molar-refractivity contribution in [1.29, 1.82) is 0 Å². The summed E-state index contributed by atoms with van der Waals surface area (Å²) >= 11 is 0. The Morgan fingerprint density at radius 3 is 2.68 bits per heavy atom. The van der Waals surface area contributed by atoms with Crippen molar-refractivity contribution < 1.29 is 14.3 Å². The lowest BCUT2D eigenvalue weighted by molar-refractivity contribution is -0.207. The highest BCUT2D eigenvalue weighted by atomic mass is 16.5. The molecular weight excluding hydrogens is 320 g/mol. The van der Waals surface area contributed by atoms with Crippen molar-refractivity contribution in [2.75, 3.05) is 40.0 Å². The summed E-state index contributed by atoms with van der Waals surface area (Å²) < 4.78 is 11.3. The first-order chi connectivity index (χ1) is 12.2. The van der Waals surface area contributed by atoms with Crippen LogP contribution in [0.4, 0.5) is 0 Å². The lowest BCUT2D eigenvalue weighted by Gasteiger charge is -2.63. The summed E-state index contributed by atoms with van der Waals surface area (Å²) in [4.78, 5) is 25.2. The van der Waals surface area contributed by atoms with E-state index < -0.39 is 0 Å². The predicted octanol–water partition coefficient (Wildman–Crippen LogP) is 0.961. The zero-order valence-electron chi connectivity index (χ0n) is 14.8. The molecule has 4 heterocycles. The molecule has 0 aromatic carbocycles. The van der Waals surface area contributed by atoms with Crippen LogP contribution in [0.3, 0.4) is 0 Å². The zero-order chi connectivity index (χ0) is 17.3. The molecule has 0 N–H and O–H groups in total. The molecule has 136 valence electrons. The van der Waals surface area contributed by atoms with Gasteiger partial charge in [-0.3, -0.25) is 14.7 Å². The summed E-state index contributed by atoms with van der Waals surface area (Å²) in [5.74, 6) is -0.00860. The molecule has 7 heteroatoms. The van der Waals surface area contributed by atoms with Crippen LogP contribution >= 0.6 is 0 Å². The number of ether oxygens (including phenoxy) is 2. The van der Waals surface area contributed by atoms with Crippen molar-refractivity contribution in [3.8, 4) is 0 Å². The quantitative estimate of drug-likeness (QED) is 0.812. The second kappa shape index (κ2) is 6.97. The number of methoxy groups -OCH3 is 1. The van der Waals surface area contributed by atoms with Crippen molar-refractivity contribution in [1.82, 2.24) is 19.8 Å². The van der Waals surface area contributed by atoms with E-state index in [1.54, 1.807) is 18.6 Å². The highest BCUT2D eigenvalue weighted by molar-refractivity contribution is 5.92. The van der Waals surface area contributed by atoms with E-state index in [4.69, 9.17) is 9.47 Å². The van der Waals surface area contributed by atoms with E-state index >= 15 is 0 Å². The lowest BCUT2D eigenvalue weighted by atomic mass is 9.73.